The van der Waals surface area contributed by atoms with E-state index in [0.717, 1.165) is 19.1 Å². The number of hydrogen-bond acceptors (Lipinski definition) is 2. The second kappa shape index (κ2) is 4.63. The number of rotatable bonds is 5. The molecule has 0 amide bonds. The van der Waals surface area contributed by atoms with E-state index >= 15 is 0 Å². The summed E-state index contributed by atoms with van der Waals surface area (Å²) in [5, 5.41) is 0. The first-order valence-electron chi connectivity index (χ1n) is 6.19. The molecule has 82 valence electrons. The summed E-state index contributed by atoms with van der Waals surface area (Å²) < 4.78 is 6.02. The minimum Gasteiger partial charge on any atom is -0.374 e. The van der Waals surface area contributed by atoms with Crippen LogP contribution in [0.5, 0.6) is 0 Å². The van der Waals surface area contributed by atoms with Crippen LogP contribution in [-0.2, 0) is 4.74 Å². The maximum Gasteiger partial charge on any atom is 0.0804 e. The molecule has 2 aliphatic carbocycles. The van der Waals surface area contributed by atoms with Gasteiger partial charge in [0.15, 0.2) is 0 Å². The predicted molar refractivity (Wildman–Crippen MR) is 58.2 cm³/mol. The van der Waals surface area contributed by atoms with Crippen LogP contribution >= 0.6 is 0 Å². The maximum atomic E-state index is 6.02. The Hall–Kier alpha value is -0.0800. The summed E-state index contributed by atoms with van der Waals surface area (Å²) in [7, 11) is 0. The fraction of sp³-hybridized carbons (Fsp3) is 1.00. The summed E-state index contributed by atoms with van der Waals surface area (Å²) in [5.41, 5.74) is 5.88. The highest BCUT2D eigenvalue weighted by Gasteiger charge is 2.33. The summed E-state index contributed by atoms with van der Waals surface area (Å²) in [6, 6.07) is 0. The Morgan fingerprint density at radius 2 is 1.86 bits per heavy atom. The van der Waals surface area contributed by atoms with E-state index in [9.17, 15) is 0 Å². The molecular weight excluding hydrogens is 174 g/mol. The van der Waals surface area contributed by atoms with Gasteiger partial charge in [-0.25, -0.2) is 0 Å². The van der Waals surface area contributed by atoms with E-state index in [1.54, 1.807) is 0 Å². The average Bonchev–Trinajstić information content (AvgIpc) is 2.59. The molecular formula is C12H23NO. The molecule has 0 aromatic rings. The molecule has 2 fully saturated rings. The molecule has 2 heteroatoms. The summed E-state index contributed by atoms with van der Waals surface area (Å²) in [4.78, 5) is 0. The van der Waals surface area contributed by atoms with Crippen LogP contribution in [0.15, 0.2) is 0 Å². The van der Waals surface area contributed by atoms with Gasteiger partial charge < -0.3 is 10.5 Å². The molecule has 0 heterocycles. The molecule has 0 unspecified atom stereocenters. The van der Waals surface area contributed by atoms with Crippen LogP contribution in [-0.4, -0.2) is 18.8 Å². The van der Waals surface area contributed by atoms with Gasteiger partial charge in [0.25, 0.3) is 0 Å². The van der Waals surface area contributed by atoms with Gasteiger partial charge in [-0.05, 0) is 25.2 Å². The van der Waals surface area contributed by atoms with Gasteiger partial charge >= 0.3 is 0 Å². The highest BCUT2D eigenvalue weighted by atomic mass is 16.5. The van der Waals surface area contributed by atoms with Crippen molar-refractivity contribution in [2.75, 3.05) is 13.2 Å². The first-order valence-corrected chi connectivity index (χ1v) is 6.19. The van der Waals surface area contributed by atoms with Gasteiger partial charge in [0.1, 0.15) is 0 Å². The van der Waals surface area contributed by atoms with Crippen LogP contribution < -0.4 is 5.73 Å². The zero-order valence-corrected chi connectivity index (χ0v) is 9.13. The van der Waals surface area contributed by atoms with Crippen molar-refractivity contribution >= 4 is 0 Å². The Balaban J connectivity index is 1.66. The first-order chi connectivity index (χ1) is 6.85. The minimum atomic E-state index is 0.0732. The summed E-state index contributed by atoms with van der Waals surface area (Å²) in [6.45, 7) is 1.67. The third-order valence-electron chi connectivity index (χ3n) is 4.05. The van der Waals surface area contributed by atoms with E-state index in [-0.39, 0.29) is 5.60 Å². The quantitative estimate of drug-likeness (QED) is 0.735. The smallest absolute Gasteiger partial charge is 0.0804 e. The van der Waals surface area contributed by atoms with Gasteiger partial charge in [-0.15, -0.1) is 0 Å². The highest BCUT2D eigenvalue weighted by molar-refractivity contribution is 4.87. The second-order valence-corrected chi connectivity index (χ2v) is 5.03. The first kappa shape index (κ1) is 10.4. The zero-order chi connectivity index (χ0) is 9.86. The van der Waals surface area contributed by atoms with E-state index in [0.29, 0.717) is 0 Å². The molecule has 0 aromatic carbocycles. The monoisotopic (exact) mass is 197 g/mol. The number of nitrogens with two attached hydrogens (primary N) is 1. The van der Waals surface area contributed by atoms with Crippen molar-refractivity contribution < 1.29 is 4.74 Å². The van der Waals surface area contributed by atoms with Gasteiger partial charge in [-0.3, -0.25) is 0 Å². The Labute approximate surface area is 87.2 Å². The van der Waals surface area contributed by atoms with Crippen LogP contribution in [0.4, 0.5) is 0 Å². The summed E-state index contributed by atoms with van der Waals surface area (Å²) >= 11 is 0. The fourth-order valence-electron chi connectivity index (χ4n) is 2.65. The van der Waals surface area contributed by atoms with Crippen molar-refractivity contribution in [2.24, 2.45) is 11.7 Å². The van der Waals surface area contributed by atoms with Crippen LogP contribution in [0.1, 0.15) is 51.4 Å². The van der Waals surface area contributed by atoms with Crippen LogP contribution in [0.2, 0.25) is 0 Å². The van der Waals surface area contributed by atoms with E-state index < -0.39 is 0 Å². The largest absolute Gasteiger partial charge is 0.374 e. The average molecular weight is 197 g/mol. The molecule has 14 heavy (non-hydrogen) atoms. The van der Waals surface area contributed by atoms with Crippen LogP contribution in [0.3, 0.4) is 0 Å². The third kappa shape index (κ3) is 2.29. The molecule has 0 radical (unpaired) electrons. The van der Waals surface area contributed by atoms with E-state index in [1.165, 1.54) is 51.4 Å². The molecule has 2 N–H and O–H groups in total. The topological polar surface area (TPSA) is 35.2 Å². The number of ether oxygens (including phenoxy) is 1. The fourth-order valence-corrected chi connectivity index (χ4v) is 2.65. The Morgan fingerprint density at radius 3 is 2.36 bits per heavy atom. The lowest BCUT2D eigenvalue weighted by Gasteiger charge is -2.30. The third-order valence-corrected chi connectivity index (χ3v) is 4.05. The van der Waals surface area contributed by atoms with Gasteiger partial charge in [0, 0.05) is 13.2 Å². The van der Waals surface area contributed by atoms with E-state index in [1.807, 2.05) is 0 Å². The zero-order valence-electron chi connectivity index (χ0n) is 9.13. The maximum absolute atomic E-state index is 6.02. The van der Waals surface area contributed by atoms with Crippen LogP contribution in [0, 0.1) is 5.92 Å². The normalized spacial score (nSPS) is 26.4. The number of hydrogen-bond donors (Lipinski definition) is 1. The molecule has 0 bridgehead atoms. The highest BCUT2D eigenvalue weighted by Crippen LogP contribution is 2.34. The molecule has 2 nitrogen and oxygen atoms in total. The van der Waals surface area contributed by atoms with Gasteiger partial charge in [-0.1, -0.05) is 32.1 Å². The molecule has 0 aliphatic heterocycles. The summed E-state index contributed by atoms with van der Waals surface area (Å²) in [5.74, 6) is 0.964. The van der Waals surface area contributed by atoms with Gasteiger partial charge in [0.05, 0.1) is 5.60 Å². The molecule has 0 saturated heterocycles. The molecule has 2 aliphatic rings. The molecule has 0 spiro atoms. The van der Waals surface area contributed by atoms with Gasteiger partial charge in [-0.2, -0.15) is 0 Å². The van der Waals surface area contributed by atoms with Crippen molar-refractivity contribution in [3.8, 4) is 0 Å². The van der Waals surface area contributed by atoms with E-state index in [2.05, 4.69) is 0 Å². The molecule has 2 rings (SSSR count). The lowest BCUT2D eigenvalue weighted by atomic mass is 9.83. The molecule has 2 saturated carbocycles. The van der Waals surface area contributed by atoms with Crippen LogP contribution in [0.25, 0.3) is 0 Å². The van der Waals surface area contributed by atoms with Crippen molar-refractivity contribution in [3.63, 3.8) is 0 Å². The molecule has 0 atom stereocenters. The SMILES string of the molecule is NCC1(OCCC2CCC2)CCCC1. The lowest BCUT2D eigenvalue weighted by molar-refractivity contribution is -0.0418. The van der Waals surface area contributed by atoms with Gasteiger partial charge in [0.2, 0.25) is 0 Å². The van der Waals surface area contributed by atoms with E-state index in [4.69, 9.17) is 10.5 Å². The van der Waals surface area contributed by atoms with Crippen molar-refractivity contribution in [2.45, 2.75) is 57.0 Å². The Bertz CT molecular complexity index is 171. The second-order valence-electron chi connectivity index (χ2n) is 5.03. The molecule has 0 aromatic heterocycles. The van der Waals surface area contributed by atoms with Crippen molar-refractivity contribution in [3.05, 3.63) is 0 Å². The summed E-state index contributed by atoms with van der Waals surface area (Å²) in [6.07, 6.45) is 10.6. The standard InChI is InChI=1S/C12H23NO/c13-10-12(7-1-2-8-12)14-9-6-11-4-3-5-11/h11H,1-10,13H2. The van der Waals surface area contributed by atoms with Crippen molar-refractivity contribution in [1.29, 1.82) is 0 Å². The lowest BCUT2D eigenvalue weighted by Crippen LogP contribution is -2.38. The Kier molecular flexibility index (Phi) is 3.45. The van der Waals surface area contributed by atoms with Crippen molar-refractivity contribution in [1.82, 2.24) is 0 Å². The predicted octanol–water partition coefficient (Wildman–Crippen LogP) is 2.46. The Morgan fingerprint density at radius 1 is 1.14 bits per heavy atom. The minimum absolute atomic E-state index is 0.0732.